The number of hydrogen-bond acceptors (Lipinski definition) is 1. The zero-order chi connectivity index (χ0) is 31.9. The molecule has 0 bridgehead atoms. The van der Waals surface area contributed by atoms with Crippen molar-refractivity contribution in [3.05, 3.63) is 188 Å². The first-order valence-electron chi connectivity index (χ1n) is 16.5. The third kappa shape index (κ3) is 4.94. The van der Waals surface area contributed by atoms with Gasteiger partial charge >= 0.3 is 0 Å². The molecule has 0 aliphatic rings. The quantitative estimate of drug-likeness (QED) is 0.177. The predicted octanol–water partition coefficient (Wildman–Crippen LogP) is 12.9. The molecule has 0 saturated heterocycles. The summed E-state index contributed by atoms with van der Waals surface area (Å²) < 4.78 is 0. The summed E-state index contributed by atoms with van der Waals surface area (Å²) in [5, 5.41) is 7.75. The molecule has 1 aromatic heterocycles. The average molecular weight is 610 g/mol. The Morgan fingerprint density at radius 1 is 0.229 bits per heavy atom. The first kappa shape index (κ1) is 28.0. The number of benzene rings is 8. The number of aromatic nitrogens is 1. The van der Waals surface area contributed by atoms with Gasteiger partial charge in [0, 0.05) is 11.1 Å². The van der Waals surface area contributed by atoms with E-state index in [1.54, 1.807) is 0 Å². The van der Waals surface area contributed by atoms with Gasteiger partial charge in [-0.1, -0.05) is 164 Å². The summed E-state index contributed by atoms with van der Waals surface area (Å²) in [6.45, 7) is 0. The molecule has 0 N–H and O–H groups in total. The van der Waals surface area contributed by atoms with Crippen molar-refractivity contribution >= 4 is 32.3 Å². The largest absolute Gasteiger partial charge is 0.248 e. The van der Waals surface area contributed by atoms with E-state index in [-0.39, 0.29) is 0 Å². The second-order valence-corrected chi connectivity index (χ2v) is 12.3. The summed E-state index contributed by atoms with van der Waals surface area (Å²) in [6.07, 6.45) is 0. The van der Waals surface area contributed by atoms with Crippen LogP contribution < -0.4 is 0 Å². The molecule has 0 aliphatic heterocycles. The highest BCUT2D eigenvalue weighted by Crippen LogP contribution is 2.40. The van der Waals surface area contributed by atoms with Crippen LogP contribution in [0.4, 0.5) is 0 Å². The van der Waals surface area contributed by atoms with Gasteiger partial charge in [0.05, 0.1) is 11.4 Å². The van der Waals surface area contributed by atoms with Crippen molar-refractivity contribution in [1.29, 1.82) is 0 Å². The molecule has 0 radical (unpaired) electrons. The normalized spacial score (nSPS) is 11.3. The van der Waals surface area contributed by atoms with Crippen LogP contribution in [0.1, 0.15) is 0 Å². The van der Waals surface area contributed by atoms with E-state index in [4.69, 9.17) is 4.98 Å². The molecule has 0 saturated carbocycles. The first-order valence-corrected chi connectivity index (χ1v) is 16.5. The predicted molar refractivity (Wildman–Crippen MR) is 204 cm³/mol. The number of hydrogen-bond donors (Lipinski definition) is 0. The average Bonchev–Trinajstić information content (AvgIpc) is 3.18. The highest BCUT2D eigenvalue weighted by Gasteiger charge is 2.14. The number of fused-ring (bicyclic) bond motifs is 6. The molecule has 0 spiro atoms. The molecule has 9 rings (SSSR count). The van der Waals surface area contributed by atoms with Crippen LogP contribution in [0.5, 0.6) is 0 Å². The highest BCUT2D eigenvalue weighted by atomic mass is 14.7. The topological polar surface area (TPSA) is 12.9 Å². The monoisotopic (exact) mass is 609 g/mol. The van der Waals surface area contributed by atoms with Crippen LogP contribution in [-0.2, 0) is 0 Å². The molecule has 0 fully saturated rings. The van der Waals surface area contributed by atoms with Crippen molar-refractivity contribution in [3.63, 3.8) is 0 Å². The summed E-state index contributed by atoms with van der Waals surface area (Å²) in [6, 6.07) is 67.5. The van der Waals surface area contributed by atoms with Gasteiger partial charge in [-0.05, 0) is 90.0 Å². The zero-order valence-electron chi connectivity index (χ0n) is 26.3. The van der Waals surface area contributed by atoms with Gasteiger partial charge in [-0.25, -0.2) is 4.98 Å². The van der Waals surface area contributed by atoms with Crippen LogP contribution >= 0.6 is 0 Å². The second-order valence-electron chi connectivity index (χ2n) is 12.3. The van der Waals surface area contributed by atoms with E-state index >= 15 is 0 Å². The maximum Gasteiger partial charge on any atom is 0.0715 e. The van der Waals surface area contributed by atoms with Gasteiger partial charge in [-0.2, -0.15) is 0 Å². The maximum absolute atomic E-state index is 5.12. The second kappa shape index (κ2) is 11.8. The van der Waals surface area contributed by atoms with E-state index < -0.39 is 0 Å². The van der Waals surface area contributed by atoms with E-state index in [1.807, 2.05) is 12.1 Å². The van der Waals surface area contributed by atoms with E-state index in [2.05, 4.69) is 176 Å². The van der Waals surface area contributed by atoms with Crippen LogP contribution in [-0.4, -0.2) is 4.98 Å². The number of nitrogens with zero attached hydrogens (tertiary/aromatic N) is 1. The Balaban J connectivity index is 1.19. The Labute approximate surface area is 280 Å². The third-order valence-corrected chi connectivity index (χ3v) is 9.45. The van der Waals surface area contributed by atoms with Gasteiger partial charge in [0.1, 0.15) is 0 Å². The molecule has 1 heteroatoms. The van der Waals surface area contributed by atoms with Crippen LogP contribution in [0.15, 0.2) is 188 Å². The molecule has 0 aliphatic carbocycles. The van der Waals surface area contributed by atoms with Gasteiger partial charge in [-0.15, -0.1) is 0 Å². The lowest BCUT2D eigenvalue weighted by Gasteiger charge is -2.15. The summed E-state index contributed by atoms with van der Waals surface area (Å²) in [5.41, 5.74) is 11.3. The minimum atomic E-state index is 0.964. The Morgan fingerprint density at radius 2 is 0.646 bits per heavy atom. The first-order chi connectivity index (χ1) is 23.8. The minimum Gasteiger partial charge on any atom is -0.248 e. The van der Waals surface area contributed by atoms with E-state index in [1.165, 1.54) is 60.1 Å². The fraction of sp³-hybridized carbons (Fsp3) is 0. The van der Waals surface area contributed by atoms with Gasteiger partial charge in [-0.3, -0.25) is 0 Å². The molecular formula is C47H31N. The Bertz CT molecular complexity index is 2510. The van der Waals surface area contributed by atoms with E-state index in [0.29, 0.717) is 0 Å². The zero-order valence-corrected chi connectivity index (χ0v) is 26.3. The van der Waals surface area contributed by atoms with E-state index in [0.717, 1.165) is 28.1 Å². The third-order valence-electron chi connectivity index (χ3n) is 9.45. The van der Waals surface area contributed by atoms with E-state index in [9.17, 15) is 0 Å². The van der Waals surface area contributed by atoms with Crippen molar-refractivity contribution in [3.8, 4) is 55.9 Å². The van der Waals surface area contributed by atoms with Crippen molar-refractivity contribution in [1.82, 2.24) is 4.98 Å². The molecule has 8 aromatic carbocycles. The molecule has 224 valence electrons. The standard InChI is InChI=1S/C47H31N/c1-3-14-32(15-4-1)46-30-37(31-47(48-46)33-16-5-2-6-17-33)39-21-8-7-20-38(39)36-19-13-18-34(28-36)35-26-27-44-42-24-10-9-22-40(42)41-23-11-12-25-43(41)45(44)29-35/h1-31H. The van der Waals surface area contributed by atoms with Crippen LogP contribution in [0.25, 0.3) is 88.2 Å². The molecular weight excluding hydrogens is 579 g/mol. The highest BCUT2D eigenvalue weighted by molar-refractivity contribution is 6.25. The molecule has 1 nitrogen and oxygen atoms in total. The lowest BCUT2D eigenvalue weighted by Crippen LogP contribution is -1.92. The fourth-order valence-electron chi connectivity index (χ4n) is 7.14. The van der Waals surface area contributed by atoms with Crippen molar-refractivity contribution in [2.45, 2.75) is 0 Å². The maximum atomic E-state index is 5.12. The van der Waals surface area contributed by atoms with Crippen molar-refractivity contribution in [2.24, 2.45) is 0 Å². The summed E-state index contributed by atoms with van der Waals surface area (Å²) >= 11 is 0. The van der Waals surface area contributed by atoms with Gasteiger partial charge < -0.3 is 0 Å². The minimum absolute atomic E-state index is 0.964. The molecule has 48 heavy (non-hydrogen) atoms. The van der Waals surface area contributed by atoms with Crippen LogP contribution in [0.3, 0.4) is 0 Å². The van der Waals surface area contributed by atoms with Crippen LogP contribution in [0.2, 0.25) is 0 Å². The Kier molecular flexibility index (Phi) is 6.87. The summed E-state index contributed by atoms with van der Waals surface area (Å²) in [5.74, 6) is 0. The van der Waals surface area contributed by atoms with Crippen LogP contribution in [0, 0.1) is 0 Å². The molecule has 0 unspecified atom stereocenters. The van der Waals surface area contributed by atoms with Crippen molar-refractivity contribution in [2.75, 3.05) is 0 Å². The van der Waals surface area contributed by atoms with Crippen molar-refractivity contribution < 1.29 is 0 Å². The van der Waals surface area contributed by atoms with Gasteiger partial charge in [0.2, 0.25) is 0 Å². The number of rotatable bonds is 5. The number of pyridine rings is 1. The molecule has 9 aromatic rings. The smallest absolute Gasteiger partial charge is 0.0715 e. The summed E-state index contributed by atoms with van der Waals surface area (Å²) in [4.78, 5) is 5.12. The SMILES string of the molecule is c1ccc(-c2cc(-c3ccccc3-c3cccc(-c4ccc5c6ccccc6c6ccccc6c5c4)c3)cc(-c3ccccc3)n2)cc1. The summed E-state index contributed by atoms with van der Waals surface area (Å²) in [7, 11) is 0. The van der Waals surface area contributed by atoms with Gasteiger partial charge in [0.15, 0.2) is 0 Å². The Hall–Kier alpha value is -6.31. The lowest BCUT2D eigenvalue weighted by molar-refractivity contribution is 1.32. The molecule has 1 heterocycles. The molecule has 0 amide bonds. The fourth-order valence-corrected chi connectivity index (χ4v) is 7.14. The van der Waals surface area contributed by atoms with Gasteiger partial charge in [0.25, 0.3) is 0 Å². The Morgan fingerprint density at radius 3 is 1.23 bits per heavy atom. The lowest BCUT2D eigenvalue weighted by atomic mass is 9.90. The molecule has 0 atom stereocenters.